The lowest BCUT2D eigenvalue weighted by Crippen LogP contribution is -2.14. The number of aryl methyl sites for hydroxylation is 1. The van der Waals surface area contributed by atoms with Crippen molar-refractivity contribution in [3.05, 3.63) is 29.8 Å². The van der Waals surface area contributed by atoms with Crippen LogP contribution in [0.1, 0.15) is 39.2 Å². The third-order valence-electron chi connectivity index (χ3n) is 2.61. The lowest BCUT2D eigenvalue weighted by Gasteiger charge is -2.16. The second-order valence-electron chi connectivity index (χ2n) is 4.91. The Morgan fingerprint density at radius 2 is 1.82 bits per heavy atom. The largest absolute Gasteiger partial charge is 0.491 e. The van der Waals surface area contributed by atoms with E-state index in [9.17, 15) is 4.79 Å². The summed E-state index contributed by atoms with van der Waals surface area (Å²) < 4.78 is 5.82. The molecule has 0 bridgehead atoms. The summed E-state index contributed by atoms with van der Waals surface area (Å²) >= 11 is 0. The molecule has 0 aliphatic rings. The van der Waals surface area contributed by atoms with E-state index in [2.05, 4.69) is 20.8 Å². The summed E-state index contributed by atoms with van der Waals surface area (Å²) in [7, 11) is 0. The molecule has 17 heavy (non-hydrogen) atoms. The van der Waals surface area contributed by atoms with Crippen molar-refractivity contribution in [2.45, 2.75) is 46.1 Å². The molecule has 0 aliphatic heterocycles. The molecule has 0 aliphatic carbocycles. The summed E-state index contributed by atoms with van der Waals surface area (Å²) in [6.45, 7) is 6.49. The lowest BCUT2D eigenvalue weighted by atomic mass is 10.1. The molecule has 94 valence electrons. The van der Waals surface area contributed by atoms with Crippen LogP contribution in [0.25, 0.3) is 0 Å². The minimum absolute atomic E-state index is 0.246. The summed E-state index contributed by atoms with van der Waals surface area (Å²) in [6.07, 6.45) is 3.66. The molecule has 1 aromatic carbocycles. The quantitative estimate of drug-likeness (QED) is 0.673. The Hall–Kier alpha value is -1.31. The topological polar surface area (TPSA) is 26.3 Å². The molecule has 0 radical (unpaired) electrons. The molecule has 0 aromatic heterocycles. The van der Waals surface area contributed by atoms with Crippen LogP contribution in [0.5, 0.6) is 5.75 Å². The number of hydrogen-bond donors (Lipinski definition) is 0. The Labute approximate surface area is 104 Å². The van der Waals surface area contributed by atoms with Crippen molar-refractivity contribution in [2.24, 2.45) is 5.92 Å². The molecule has 2 nitrogen and oxygen atoms in total. The van der Waals surface area contributed by atoms with Gasteiger partial charge in [-0.15, -0.1) is 0 Å². The van der Waals surface area contributed by atoms with E-state index < -0.39 is 0 Å². The van der Waals surface area contributed by atoms with Crippen molar-refractivity contribution in [3.63, 3.8) is 0 Å². The van der Waals surface area contributed by atoms with Crippen LogP contribution in [-0.4, -0.2) is 12.4 Å². The molecule has 0 saturated heterocycles. The molecule has 0 heterocycles. The second kappa shape index (κ2) is 7.10. The van der Waals surface area contributed by atoms with E-state index in [0.29, 0.717) is 12.3 Å². The number of carbonyl (C=O) groups is 1. The first-order valence-corrected chi connectivity index (χ1v) is 6.31. The molecule has 0 saturated carbocycles. The minimum Gasteiger partial charge on any atom is -0.491 e. The van der Waals surface area contributed by atoms with Gasteiger partial charge < -0.3 is 9.53 Å². The summed E-state index contributed by atoms with van der Waals surface area (Å²) in [5.41, 5.74) is 1.18. The first-order chi connectivity index (χ1) is 8.11. The van der Waals surface area contributed by atoms with Crippen LogP contribution in [0, 0.1) is 5.92 Å². The van der Waals surface area contributed by atoms with Gasteiger partial charge in [-0.25, -0.2) is 0 Å². The Morgan fingerprint density at radius 3 is 2.35 bits per heavy atom. The van der Waals surface area contributed by atoms with Gasteiger partial charge in [0, 0.05) is 6.42 Å². The van der Waals surface area contributed by atoms with E-state index in [0.717, 1.165) is 24.9 Å². The number of ether oxygens (including phenoxy) is 1. The van der Waals surface area contributed by atoms with Gasteiger partial charge >= 0.3 is 0 Å². The molecule has 0 amide bonds. The van der Waals surface area contributed by atoms with Gasteiger partial charge in [-0.1, -0.05) is 26.0 Å². The van der Waals surface area contributed by atoms with Crippen LogP contribution < -0.4 is 4.74 Å². The fraction of sp³-hybridized carbons (Fsp3) is 0.533. The Bertz CT molecular complexity index is 327. The molecule has 2 heteroatoms. The van der Waals surface area contributed by atoms with Crippen molar-refractivity contribution in [3.8, 4) is 5.75 Å². The molecule has 0 fully saturated rings. The molecule has 1 atom stereocenters. The van der Waals surface area contributed by atoms with Gasteiger partial charge in [-0.2, -0.15) is 0 Å². The molecular formula is C15H22O2. The number of hydrogen-bond acceptors (Lipinski definition) is 2. The zero-order valence-electron chi connectivity index (χ0n) is 11.0. The van der Waals surface area contributed by atoms with Crippen LogP contribution in [0.15, 0.2) is 24.3 Å². The Kier molecular flexibility index (Phi) is 5.75. The van der Waals surface area contributed by atoms with Crippen molar-refractivity contribution in [1.29, 1.82) is 0 Å². The number of benzene rings is 1. The maximum Gasteiger partial charge on any atom is 0.120 e. The summed E-state index contributed by atoms with van der Waals surface area (Å²) in [5, 5.41) is 0. The first-order valence-electron chi connectivity index (χ1n) is 6.31. The van der Waals surface area contributed by atoms with Crippen LogP contribution in [0.4, 0.5) is 0 Å². The molecule has 1 unspecified atom stereocenters. The van der Waals surface area contributed by atoms with Crippen LogP contribution in [-0.2, 0) is 11.2 Å². The van der Waals surface area contributed by atoms with E-state index in [4.69, 9.17) is 4.74 Å². The predicted octanol–water partition coefficient (Wildman–Crippen LogP) is 3.63. The van der Waals surface area contributed by atoms with Gasteiger partial charge in [-0.3, -0.25) is 0 Å². The van der Waals surface area contributed by atoms with Crippen molar-refractivity contribution < 1.29 is 9.53 Å². The van der Waals surface area contributed by atoms with Crippen molar-refractivity contribution >= 4 is 6.29 Å². The maximum absolute atomic E-state index is 10.3. The summed E-state index contributed by atoms with van der Waals surface area (Å²) in [6, 6.07) is 8.02. The highest BCUT2D eigenvalue weighted by Crippen LogP contribution is 2.17. The average Bonchev–Trinajstić information content (AvgIpc) is 2.27. The van der Waals surface area contributed by atoms with Gasteiger partial charge in [-0.05, 0) is 43.4 Å². The zero-order valence-corrected chi connectivity index (χ0v) is 11.0. The fourth-order valence-corrected chi connectivity index (χ4v) is 1.90. The highest BCUT2D eigenvalue weighted by molar-refractivity contribution is 5.50. The minimum atomic E-state index is 0.246. The van der Waals surface area contributed by atoms with E-state index in [1.165, 1.54) is 5.56 Å². The van der Waals surface area contributed by atoms with E-state index in [-0.39, 0.29) is 6.10 Å². The van der Waals surface area contributed by atoms with Crippen LogP contribution in [0.2, 0.25) is 0 Å². The molecule has 1 aromatic rings. The highest BCUT2D eigenvalue weighted by atomic mass is 16.5. The highest BCUT2D eigenvalue weighted by Gasteiger charge is 2.06. The Morgan fingerprint density at radius 1 is 1.18 bits per heavy atom. The smallest absolute Gasteiger partial charge is 0.120 e. The number of aldehydes is 1. The number of carbonyl (C=O) groups excluding carboxylic acids is 1. The average molecular weight is 234 g/mol. The lowest BCUT2D eigenvalue weighted by molar-refractivity contribution is -0.107. The fourth-order valence-electron chi connectivity index (χ4n) is 1.90. The predicted molar refractivity (Wildman–Crippen MR) is 70.4 cm³/mol. The van der Waals surface area contributed by atoms with Gasteiger partial charge in [0.15, 0.2) is 0 Å². The third kappa shape index (κ3) is 5.53. The molecular weight excluding hydrogens is 212 g/mol. The van der Waals surface area contributed by atoms with Gasteiger partial charge in [0.1, 0.15) is 12.0 Å². The molecule has 0 spiro atoms. The van der Waals surface area contributed by atoms with E-state index in [1.807, 2.05) is 24.3 Å². The maximum atomic E-state index is 10.3. The van der Waals surface area contributed by atoms with Crippen LogP contribution in [0.3, 0.4) is 0 Å². The van der Waals surface area contributed by atoms with E-state index in [1.54, 1.807) is 0 Å². The Balaban J connectivity index is 2.47. The van der Waals surface area contributed by atoms with Crippen molar-refractivity contribution in [1.82, 2.24) is 0 Å². The SMILES string of the molecule is CC(C)CC(C)Oc1ccc(CCC=O)cc1. The third-order valence-corrected chi connectivity index (χ3v) is 2.61. The number of rotatable bonds is 7. The normalized spacial score (nSPS) is 12.5. The summed E-state index contributed by atoms with van der Waals surface area (Å²) in [5.74, 6) is 1.56. The molecule has 0 N–H and O–H groups in total. The second-order valence-corrected chi connectivity index (χ2v) is 4.91. The van der Waals surface area contributed by atoms with Gasteiger partial charge in [0.05, 0.1) is 6.10 Å². The zero-order chi connectivity index (χ0) is 12.7. The monoisotopic (exact) mass is 234 g/mol. The van der Waals surface area contributed by atoms with Gasteiger partial charge in [0.2, 0.25) is 0 Å². The van der Waals surface area contributed by atoms with E-state index >= 15 is 0 Å². The standard InChI is InChI=1S/C15H22O2/c1-12(2)11-13(3)17-15-8-6-14(7-9-15)5-4-10-16/h6-10,12-13H,4-5,11H2,1-3H3. The summed E-state index contributed by atoms with van der Waals surface area (Å²) in [4.78, 5) is 10.3. The first kappa shape index (κ1) is 13.8. The van der Waals surface area contributed by atoms with Crippen LogP contribution >= 0.6 is 0 Å². The molecule has 1 rings (SSSR count). The van der Waals surface area contributed by atoms with Crippen molar-refractivity contribution in [2.75, 3.05) is 0 Å². The van der Waals surface area contributed by atoms with Gasteiger partial charge in [0.25, 0.3) is 0 Å².